The monoisotopic (exact) mass is 914 g/mol. The fraction of sp³-hybridized carbons (Fsp3) is 0.550. The molecule has 1 aliphatic heterocycles. The summed E-state index contributed by atoms with van der Waals surface area (Å²) in [5.41, 5.74) is -3.45. The Bertz CT molecular complexity index is 1700. The molecule has 2 aromatic carbocycles. The van der Waals surface area contributed by atoms with Crippen LogP contribution in [0.2, 0.25) is 0 Å². The Morgan fingerprint density at radius 2 is 1.65 bits per heavy atom. The summed E-state index contributed by atoms with van der Waals surface area (Å²) in [7, 11) is 1.51. The molecule has 3 fully saturated rings. The molecule has 1 heterocycles. The van der Waals surface area contributed by atoms with E-state index >= 15 is 0 Å². The summed E-state index contributed by atoms with van der Waals surface area (Å²) in [5, 5.41) is 28.2. The summed E-state index contributed by atoms with van der Waals surface area (Å²) in [6.45, 7) is 10.6. The number of aliphatic hydroxyl groups is 2. The normalized spacial score (nSPS) is 36.4. The molecule has 11 heteroatoms. The third kappa shape index (κ3) is 6.12. The van der Waals surface area contributed by atoms with Gasteiger partial charge in [0, 0.05) is 80.9 Å². The Morgan fingerprint density at radius 1 is 1.04 bits per heavy atom. The van der Waals surface area contributed by atoms with E-state index in [2.05, 4.69) is 5.32 Å². The van der Waals surface area contributed by atoms with Crippen LogP contribution in [0.15, 0.2) is 71.8 Å². The van der Waals surface area contributed by atoms with Crippen LogP contribution in [0.1, 0.15) is 76.3 Å². The van der Waals surface area contributed by atoms with Crippen molar-refractivity contribution in [3.8, 4) is 0 Å². The van der Waals surface area contributed by atoms with Gasteiger partial charge in [0.1, 0.15) is 18.0 Å². The van der Waals surface area contributed by atoms with Crippen molar-refractivity contribution in [1.29, 1.82) is 0 Å². The largest absolute Gasteiger partial charge is 0.457 e. The zero-order valence-corrected chi connectivity index (χ0v) is 35.2. The number of Topliss-reactive ketones (excluding diaryl/α,β-unsaturated/α-hetero) is 1. The first-order valence-electron chi connectivity index (χ1n) is 17.5. The van der Waals surface area contributed by atoms with E-state index in [9.17, 15) is 29.4 Å². The molecule has 1 amide bonds. The van der Waals surface area contributed by atoms with Gasteiger partial charge in [0.2, 0.25) is 0 Å². The Kier molecular flexibility index (Phi) is 11.4. The number of esters is 1. The summed E-state index contributed by atoms with van der Waals surface area (Å²) in [6.07, 6.45) is -1.42. The van der Waals surface area contributed by atoms with E-state index in [4.69, 9.17) is 14.2 Å². The molecular weight excluding hydrogens is 865 g/mol. The van der Waals surface area contributed by atoms with Gasteiger partial charge in [-0.1, -0.05) is 69.3 Å². The maximum absolute atomic E-state index is 14.8. The molecule has 10 nitrogen and oxygen atoms in total. The maximum Gasteiger partial charge on any atom is 0.311 e. The van der Waals surface area contributed by atoms with Crippen LogP contribution in [0.3, 0.4) is 0 Å². The number of aldehydes is 1. The van der Waals surface area contributed by atoms with Crippen LogP contribution in [0.4, 0.5) is 0 Å². The zero-order chi connectivity index (χ0) is 36.4. The van der Waals surface area contributed by atoms with Crippen molar-refractivity contribution < 1.29 is 87.7 Å². The average Bonchev–Trinajstić information content (AvgIpc) is 3.10. The zero-order valence-electron chi connectivity index (χ0n) is 30.4. The summed E-state index contributed by atoms with van der Waals surface area (Å²) >= 11 is 0. The van der Waals surface area contributed by atoms with E-state index in [1.165, 1.54) is 7.11 Å². The second-order valence-electron chi connectivity index (χ2n) is 15.6. The van der Waals surface area contributed by atoms with Crippen molar-refractivity contribution in [2.24, 2.45) is 34.5 Å². The summed E-state index contributed by atoms with van der Waals surface area (Å²) in [6, 6.07) is 17.1. The molecule has 11 atom stereocenters. The van der Waals surface area contributed by atoms with Gasteiger partial charge in [-0.25, -0.2) is 0 Å². The van der Waals surface area contributed by atoms with Gasteiger partial charge >= 0.3 is 5.97 Å². The smallest absolute Gasteiger partial charge is 0.311 e. The molecule has 0 spiro atoms. The van der Waals surface area contributed by atoms with Crippen LogP contribution in [-0.4, -0.2) is 77.4 Å². The Labute approximate surface area is 335 Å². The van der Waals surface area contributed by atoms with Crippen molar-refractivity contribution in [2.75, 3.05) is 13.7 Å². The third-order valence-corrected chi connectivity index (χ3v) is 12.9. The summed E-state index contributed by atoms with van der Waals surface area (Å²) in [4.78, 5) is 55.4. The molecule has 4 aliphatic rings. The van der Waals surface area contributed by atoms with Gasteiger partial charge in [0.05, 0.1) is 47.7 Å². The number of carbonyl (C=O) groups is 4. The second-order valence-corrected chi connectivity index (χ2v) is 15.6. The van der Waals surface area contributed by atoms with Crippen molar-refractivity contribution in [1.82, 2.24) is 5.32 Å². The minimum absolute atomic E-state index is 0. The quantitative estimate of drug-likeness (QED) is 0.152. The number of amides is 1. The van der Waals surface area contributed by atoms with Crippen LogP contribution in [0, 0.1) is 78.6 Å². The molecular formula is C40H49AcNO9. The van der Waals surface area contributed by atoms with Crippen molar-refractivity contribution in [3.63, 3.8) is 0 Å². The SMILES string of the molecule is COC1CC2OCC2(O)C2[C@H](C)C3(O)CC(OC(=O)[C@H](C)C(NC(=O)c4ccccc4)c4ccccc4)C(C)=C(C(C=O)C(=O)[C@]12C)C3(C)C.[Ac]. The molecule has 51 heavy (non-hydrogen) atoms. The van der Waals surface area contributed by atoms with Gasteiger partial charge in [0.25, 0.3) is 5.91 Å². The Hall–Kier alpha value is -2.26. The molecule has 8 unspecified atom stereocenters. The van der Waals surface area contributed by atoms with Crippen LogP contribution < -0.4 is 5.32 Å². The van der Waals surface area contributed by atoms with E-state index < -0.39 is 81.8 Å². The number of benzene rings is 2. The van der Waals surface area contributed by atoms with E-state index in [1.807, 2.05) is 57.2 Å². The van der Waals surface area contributed by atoms with Gasteiger partial charge in [0.15, 0.2) is 5.78 Å². The van der Waals surface area contributed by atoms with Crippen molar-refractivity contribution in [3.05, 3.63) is 82.9 Å². The average molecular weight is 915 g/mol. The van der Waals surface area contributed by atoms with Crippen LogP contribution in [0.25, 0.3) is 0 Å². The molecule has 2 bridgehead atoms. The number of nitrogens with one attached hydrogen (secondary N) is 1. The predicted octanol–water partition coefficient (Wildman–Crippen LogP) is 4.39. The van der Waals surface area contributed by atoms with Gasteiger partial charge in [-0.2, -0.15) is 0 Å². The number of fused-ring (bicyclic) bond motifs is 5. The standard InChI is InChI=1S/C40H49NO9.Ac/c1-22-28(50-36(45)23(2)32(25-14-10-8-11-15-25)41-35(44)26-16-12-9-13-17-26)19-40(47)24(3)33-38(6,29(48-7)18-30-39(33,46)21-49-30)34(43)27(20-42)31(22)37(40,4)5;/h8-17,20,23-24,27-30,32-33,46-47H,18-19,21H2,1-7H3,(H,41,44);/t23-,24+,27?,28?,29?,30?,32?,33?,38-,39?,40?;/m1./s1. The molecule has 271 valence electrons. The fourth-order valence-electron chi connectivity index (χ4n) is 10.0. The number of ketones is 1. The first kappa shape index (κ1) is 39.9. The third-order valence-electron chi connectivity index (χ3n) is 12.9. The van der Waals surface area contributed by atoms with Gasteiger partial charge < -0.3 is 34.5 Å². The van der Waals surface area contributed by atoms with Crippen LogP contribution in [-0.2, 0) is 28.6 Å². The summed E-state index contributed by atoms with van der Waals surface area (Å²) < 4.78 is 18.0. The molecule has 1 radical (unpaired) electrons. The van der Waals surface area contributed by atoms with E-state index in [1.54, 1.807) is 45.0 Å². The number of hydrogen-bond donors (Lipinski definition) is 3. The molecule has 3 aliphatic carbocycles. The number of methoxy groups -OCH3 is 1. The number of hydrogen-bond acceptors (Lipinski definition) is 9. The van der Waals surface area contributed by atoms with E-state index in [0.717, 1.165) is 0 Å². The van der Waals surface area contributed by atoms with E-state index in [-0.39, 0.29) is 69.4 Å². The molecule has 2 aromatic rings. The van der Waals surface area contributed by atoms with Gasteiger partial charge in [-0.05, 0) is 55.5 Å². The van der Waals surface area contributed by atoms with Gasteiger partial charge in [-0.3, -0.25) is 14.4 Å². The van der Waals surface area contributed by atoms with Crippen LogP contribution in [0.5, 0.6) is 0 Å². The summed E-state index contributed by atoms with van der Waals surface area (Å²) in [5.74, 6) is -5.07. The second kappa shape index (κ2) is 14.5. The number of ether oxygens (including phenoxy) is 3. The van der Waals surface area contributed by atoms with Crippen LogP contribution >= 0.6 is 0 Å². The number of rotatable bonds is 8. The predicted molar refractivity (Wildman–Crippen MR) is 184 cm³/mol. The van der Waals surface area contributed by atoms with Crippen molar-refractivity contribution in [2.45, 2.75) is 89.9 Å². The fourth-order valence-corrected chi connectivity index (χ4v) is 10.0. The Balaban J connectivity index is 0.00000504. The number of carbonyl (C=O) groups excluding carboxylic acids is 4. The molecule has 3 N–H and O–H groups in total. The van der Waals surface area contributed by atoms with Crippen molar-refractivity contribution >= 4 is 23.9 Å². The molecule has 0 aromatic heterocycles. The minimum atomic E-state index is -1.64. The van der Waals surface area contributed by atoms with Gasteiger partial charge in [-0.15, -0.1) is 0 Å². The first-order chi connectivity index (χ1) is 23.6. The first-order valence-corrected chi connectivity index (χ1v) is 17.5. The molecule has 2 saturated carbocycles. The molecule has 1 saturated heterocycles. The Morgan fingerprint density at radius 3 is 2.20 bits per heavy atom. The minimum Gasteiger partial charge on any atom is -0.457 e. The topological polar surface area (TPSA) is 148 Å². The maximum atomic E-state index is 14.8. The van der Waals surface area contributed by atoms with E-state index in [0.29, 0.717) is 28.6 Å². The molecule has 6 rings (SSSR count).